The lowest BCUT2D eigenvalue weighted by Gasteiger charge is -2.14. The molecule has 0 N–H and O–H groups in total. The van der Waals surface area contributed by atoms with Gasteiger partial charge < -0.3 is 4.57 Å². The van der Waals surface area contributed by atoms with Gasteiger partial charge in [-0.2, -0.15) is 5.10 Å². The predicted octanol–water partition coefficient (Wildman–Crippen LogP) is 5.33. The van der Waals surface area contributed by atoms with Crippen LogP contribution in [0.25, 0.3) is 22.2 Å². The van der Waals surface area contributed by atoms with Crippen LogP contribution < -0.4 is 5.56 Å². The van der Waals surface area contributed by atoms with E-state index < -0.39 is 5.82 Å². The summed E-state index contributed by atoms with van der Waals surface area (Å²) in [6, 6.07) is 17.8. The summed E-state index contributed by atoms with van der Waals surface area (Å²) in [5.74, 6) is -0.731. The molecule has 154 valence electrons. The summed E-state index contributed by atoms with van der Waals surface area (Å²) in [6.45, 7) is 0.653. The average molecular weight is 436 g/mol. The molecule has 0 spiro atoms. The first-order valence-electron chi connectivity index (χ1n) is 9.66. The van der Waals surface area contributed by atoms with Crippen molar-refractivity contribution in [2.24, 2.45) is 0 Å². The first-order chi connectivity index (χ1) is 15.0. The molecule has 0 fully saturated rings. The van der Waals surface area contributed by atoms with Gasteiger partial charge in [0.05, 0.1) is 17.6 Å². The second-order valence-corrected chi connectivity index (χ2v) is 7.84. The zero-order chi connectivity index (χ0) is 21.5. The highest BCUT2D eigenvalue weighted by Crippen LogP contribution is 2.29. The van der Waals surface area contributed by atoms with Crippen molar-refractivity contribution in [3.8, 4) is 11.3 Å². The van der Waals surface area contributed by atoms with E-state index in [4.69, 9.17) is 11.6 Å². The van der Waals surface area contributed by atoms with Crippen molar-refractivity contribution in [2.45, 2.75) is 13.1 Å². The van der Waals surface area contributed by atoms with Gasteiger partial charge in [-0.25, -0.2) is 13.5 Å². The molecule has 0 aromatic heterocycles. The van der Waals surface area contributed by atoms with E-state index in [1.165, 1.54) is 28.9 Å². The van der Waals surface area contributed by atoms with Crippen LogP contribution >= 0.6 is 11.6 Å². The van der Waals surface area contributed by atoms with E-state index >= 15 is 0 Å². The Bertz CT molecular complexity index is 1440. The van der Waals surface area contributed by atoms with Gasteiger partial charge in [-0.05, 0) is 53.6 Å². The lowest BCUT2D eigenvalue weighted by molar-refractivity contribution is 0.626. The number of hydrogen-bond acceptors (Lipinski definition) is 2. The summed E-state index contributed by atoms with van der Waals surface area (Å²) in [5.41, 5.74) is 2.99. The van der Waals surface area contributed by atoms with Crippen molar-refractivity contribution in [2.75, 3.05) is 0 Å². The smallest absolute Gasteiger partial charge is 0.278 e. The third-order valence-electron chi connectivity index (χ3n) is 5.24. The summed E-state index contributed by atoms with van der Waals surface area (Å²) in [5, 5.41) is 5.62. The molecule has 0 amide bonds. The van der Waals surface area contributed by atoms with E-state index in [1.807, 2.05) is 16.7 Å². The number of hydrogen-bond donors (Lipinski definition) is 0. The molecule has 31 heavy (non-hydrogen) atoms. The number of pyridine rings is 1. The van der Waals surface area contributed by atoms with Crippen molar-refractivity contribution in [3.63, 3.8) is 0 Å². The molecule has 7 heteroatoms. The highest BCUT2D eigenvalue weighted by Gasteiger charge is 2.21. The normalized spacial score (nSPS) is 11.5. The monoisotopic (exact) mass is 435 g/mol. The van der Waals surface area contributed by atoms with E-state index in [9.17, 15) is 13.6 Å². The van der Waals surface area contributed by atoms with Gasteiger partial charge in [0.25, 0.3) is 5.56 Å². The van der Waals surface area contributed by atoms with Gasteiger partial charge in [-0.1, -0.05) is 35.9 Å². The molecule has 0 bridgehead atoms. The standard InChI is InChI=1S/C24H16ClF2N3O/c25-17-3-1-2-16(10-17)13-30-24(31)21-14-29(12-15-4-6-18(26)7-5-15)22-9-8-19(27)11-20(22)23(21)28-30/h1-11,14H,12-13H2. The summed E-state index contributed by atoms with van der Waals surface area (Å²) >= 11 is 6.06. The molecule has 5 rings (SSSR count). The first-order valence-corrected chi connectivity index (χ1v) is 10.0. The predicted molar refractivity (Wildman–Crippen MR) is 117 cm³/mol. The number of benzene rings is 3. The van der Waals surface area contributed by atoms with Crippen molar-refractivity contribution in [1.29, 1.82) is 0 Å². The van der Waals surface area contributed by atoms with Crippen molar-refractivity contribution >= 4 is 22.5 Å². The molecule has 2 heterocycles. The zero-order valence-electron chi connectivity index (χ0n) is 16.2. The molecule has 0 radical (unpaired) electrons. The Labute approximate surface area is 181 Å². The fourth-order valence-corrected chi connectivity index (χ4v) is 4.00. The van der Waals surface area contributed by atoms with Crippen molar-refractivity contribution in [3.05, 3.63) is 111 Å². The van der Waals surface area contributed by atoms with Crippen molar-refractivity contribution < 1.29 is 8.78 Å². The SMILES string of the molecule is O=c1c2cn(Cc3ccc(F)cc3)c3ccc(F)cc3c-2nn1Cc1cccc(Cl)c1. The number of halogens is 3. The van der Waals surface area contributed by atoms with Crippen LogP contribution in [0.1, 0.15) is 11.1 Å². The molecule has 3 aromatic rings. The lowest BCUT2D eigenvalue weighted by atomic mass is 10.1. The Kier molecular flexibility index (Phi) is 4.79. The Morgan fingerprint density at radius 3 is 2.42 bits per heavy atom. The van der Waals surface area contributed by atoms with Gasteiger partial charge >= 0.3 is 0 Å². The van der Waals surface area contributed by atoms with Gasteiger partial charge in [0.2, 0.25) is 0 Å². The quantitative estimate of drug-likeness (QED) is 0.382. The Morgan fingerprint density at radius 2 is 1.65 bits per heavy atom. The number of fused-ring (bicyclic) bond motifs is 3. The fraction of sp³-hybridized carbons (Fsp3) is 0.0833. The van der Waals surface area contributed by atoms with Crippen LogP contribution in [0, 0.1) is 11.6 Å². The largest absolute Gasteiger partial charge is 0.342 e. The van der Waals surface area contributed by atoms with Crippen LogP contribution in [0.5, 0.6) is 0 Å². The molecule has 2 aliphatic heterocycles. The molecule has 4 nitrogen and oxygen atoms in total. The second kappa shape index (κ2) is 7.63. The van der Waals surface area contributed by atoms with Crippen LogP contribution in [-0.4, -0.2) is 14.3 Å². The second-order valence-electron chi connectivity index (χ2n) is 7.40. The van der Waals surface area contributed by atoms with E-state index in [0.29, 0.717) is 28.2 Å². The van der Waals surface area contributed by atoms with Crippen LogP contribution in [0.3, 0.4) is 0 Å². The minimum absolute atomic E-state index is 0.253. The summed E-state index contributed by atoms with van der Waals surface area (Å²) in [6.07, 6.45) is 1.72. The Morgan fingerprint density at radius 1 is 0.871 bits per heavy atom. The molecular formula is C24H16ClF2N3O. The number of rotatable bonds is 4. The Balaban J connectivity index is 1.67. The molecule has 0 aliphatic carbocycles. The van der Waals surface area contributed by atoms with Crippen LogP contribution in [-0.2, 0) is 13.1 Å². The Hall–Kier alpha value is -3.51. The topological polar surface area (TPSA) is 39.8 Å². The molecule has 0 unspecified atom stereocenters. The van der Waals surface area contributed by atoms with Gasteiger partial charge in [-0.15, -0.1) is 0 Å². The van der Waals surface area contributed by atoms with Gasteiger partial charge in [0, 0.05) is 23.2 Å². The summed E-state index contributed by atoms with van der Waals surface area (Å²) in [4.78, 5) is 13.1. The number of aromatic nitrogens is 3. The van der Waals surface area contributed by atoms with E-state index in [2.05, 4.69) is 5.10 Å². The lowest BCUT2D eigenvalue weighted by Crippen LogP contribution is -2.17. The van der Waals surface area contributed by atoms with Gasteiger partial charge in [-0.3, -0.25) is 4.79 Å². The first kappa shape index (κ1) is 19.5. The maximum absolute atomic E-state index is 14.1. The molecule has 2 aliphatic rings. The van der Waals surface area contributed by atoms with Crippen LogP contribution in [0.4, 0.5) is 8.78 Å². The maximum Gasteiger partial charge on any atom is 0.278 e. The van der Waals surface area contributed by atoms with E-state index in [1.54, 1.807) is 36.5 Å². The zero-order valence-corrected chi connectivity index (χ0v) is 17.0. The van der Waals surface area contributed by atoms with Gasteiger partial charge in [0.15, 0.2) is 0 Å². The molecule has 3 aromatic carbocycles. The molecular weight excluding hydrogens is 420 g/mol. The van der Waals surface area contributed by atoms with Crippen molar-refractivity contribution in [1.82, 2.24) is 14.3 Å². The average Bonchev–Trinajstić information content (AvgIpc) is 3.05. The van der Waals surface area contributed by atoms with E-state index in [-0.39, 0.29) is 17.9 Å². The molecule has 0 saturated carbocycles. The van der Waals surface area contributed by atoms with Gasteiger partial charge in [0.1, 0.15) is 17.3 Å². The third-order valence-corrected chi connectivity index (χ3v) is 5.47. The molecule has 0 atom stereocenters. The van der Waals surface area contributed by atoms with E-state index in [0.717, 1.165) is 16.6 Å². The highest BCUT2D eigenvalue weighted by atomic mass is 35.5. The minimum atomic E-state index is -0.412. The summed E-state index contributed by atoms with van der Waals surface area (Å²) in [7, 11) is 0. The van der Waals surface area contributed by atoms with Crippen LogP contribution in [0.2, 0.25) is 5.02 Å². The molecule has 0 saturated heterocycles. The highest BCUT2D eigenvalue weighted by molar-refractivity contribution is 6.30. The summed E-state index contributed by atoms with van der Waals surface area (Å²) < 4.78 is 30.6. The third kappa shape index (κ3) is 3.70. The maximum atomic E-state index is 14.1. The minimum Gasteiger partial charge on any atom is -0.342 e. The van der Waals surface area contributed by atoms with Crippen LogP contribution in [0.15, 0.2) is 77.7 Å². The number of nitrogens with zero attached hydrogens (tertiary/aromatic N) is 3. The fourth-order valence-electron chi connectivity index (χ4n) is 3.78.